The third-order valence-corrected chi connectivity index (χ3v) is 3.62. The highest BCUT2D eigenvalue weighted by Gasteiger charge is 2.15. The van der Waals surface area contributed by atoms with Crippen LogP contribution in [0.2, 0.25) is 0 Å². The number of thiophene rings is 1. The van der Waals surface area contributed by atoms with E-state index in [-0.39, 0.29) is 5.41 Å². The normalized spacial score (nSPS) is 11.3. The van der Waals surface area contributed by atoms with Crippen LogP contribution in [0, 0.1) is 11.3 Å². The van der Waals surface area contributed by atoms with Crippen molar-refractivity contribution in [2.45, 2.75) is 39.2 Å². The highest BCUT2D eigenvalue weighted by Crippen LogP contribution is 2.29. The lowest BCUT2D eigenvalue weighted by molar-refractivity contribution is 0.604. The zero-order valence-corrected chi connectivity index (χ0v) is 10.4. The highest BCUT2D eigenvalue weighted by molar-refractivity contribution is 7.12. The molecule has 0 saturated carbocycles. The predicted octanol–water partition coefficient (Wildman–Crippen LogP) is 3.05. The quantitative estimate of drug-likeness (QED) is 0.795. The van der Waals surface area contributed by atoms with E-state index in [4.69, 9.17) is 5.26 Å². The fraction of sp³-hybridized carbons (Fsp3) is 0.583. The van der Waals surface area contributed by atoms with Crippen LogP contribution >= 0.6 is 11.3 Å². The van der Waals surface area contributed by atoms with Gasteiger partial charge in [0, 0.05) is 29.3 Å². The number of rotatable bonds is 4. The van der Waals surface area contributed by atoms with Gasteiger partial charge in [-0.05, 0) is 17.5 Å². The van der Waals surface area contributed by atoms with Crippen LogP contribution in [0.4, 0.5) is 0 Å². The molecule has 0 aliphatic heterocycles. The van der Waals surface area contributed by atoms with Gasteiger partial charge >= 0.3 is 0 Å². The minimum Gasteiger partial charge on any atom is -0.311 e. The minimum absolute atomic E-state index is 0.246. The van der Waals surface area contributed by atoms with E-state index in [1.54, 1.807) is 0 Å². The number of nitriles is 1. The molecule has 0 unspecified atom stereocenters. The Morgan fingerprint density at radius 3 is 2.67 bits per heavy atom. The summed E-state index contributed by atoms with van der Waals surface area (Å²) in [6, 6.07) is 6.50. The van der Waals surface area contributed by atoms with Crippen LogP contribution in [0.3, 0.4) is 0 Å². The van der Waals surface area contributed by atoms with Gasteiger partial charge in [0.2, 0.25) is 0 Å². The molecule has 0 atom stereocenters. The second-order valence-electron chi connectivity index (χ2n) is 4.60. The summed E-state index contributed by atoms with van der Waals surface area (Å²) in [4.78, 5) is 2.76. The average molecular weight is 222 g/mol. The van der Waals surface area contributed by atoms with Gasteiger partial charge in [-0.3, -0.25) is 0 Å². The van der Waals surface area contributed by atoms with Crippen molar-refractivity contribution in [3.8, 4) is 6.07 Å². The van der Waals surface area contributed by atoms with Crippen molar-refractivity contribution in [3.63, 3.8) is 0 Å². The molecule has 1 rings (SSSR count). The first kappa shape index (κ1) is 12.2. The van der Waals surface area contributed by atoms with Crippen molar-refractivity contribution in [2.24, 2.45) is 0 Å². The van der Waals surface area contributed by atoms with Crippen LogP contribution in [0.1, 0.15) is 36.9 Å². The molecule has 1 N–H and O–H groups in total. The molecule has 15 heavy (non-hydrogen) atoms. The average Bonchev–Trinajstić information content (AvgIpc) is 2.60. The smallest absolute Gasteiger partial charge is 0.0635 e. The van der Waals surface area contributed by atoms with Crippen molar-refractivity contribution in [3.05, 3.63) is 21.9 Å². The third kappa shape index (κ3) is 4.03. The Bertz CT molecular complexity index is 341. The van der Waals surface area contributed by atoms with Gasteiger partial charge < -0.3 is 5.32 Å². The zero-order chi connectivity index (χ0) is 11.3. The van der Waals surface area contributed by atoms with Gasteiger partial charge in [-0.15, -0.1) is 11.3 Å². The maximum atomic E-state index is 8.39. The van der Waals surface area contributed by atoms with E-state index in [1.807, 2.05) is 11.3 Å². The summed E-state index contributed by atoms with van der Waals surface area (Å²) in [6.07, 6.45) is 0.581. The Hall–Kier alpha value is -0.850. The largest absolute Gasteiger partial charge is 0.311 e. The molecule has 0 aromatic carbocycles. The number of nitrogens with one attached hydrogen (secondary N) is 1. The van der Waals surface area contributed by atoms with Gasteiger partial charge in [-0.1, -0.05) is 20.8 Å². The summed E-state index contributed by atoms with van der Waals surface area (Å²) in [5, 5.41) is 11.6. The molecule has 0 amide bonds. The van der Waals surface area contributed by atoms with Crippen molar-refractivity contribution in [1.29, 1.82) is 5.26 Å². The van der Waals surface area contributed by atoms with Crippen molar-refractivity contribution in [2.75, 3.05) is 6.54 Å². The molecule has 1 aromatic heterocycles. The first-order valence-electron chi connectivity index (χ1n) is 5.21. The Balaban J connectivity index is 2.44. The molecule has 0 fully saturated rings. The van der Waals surface area contributed by atoms with E-state index >= 15 is 0 Å². The fourth-order valence-electron chi connectivity index (χ4n) is 1.23. The predicted molar refractivity (Wildman–Crippen MR) is 65.0 cm³/mol. The molecule has 0 aliphatic carbocycles. The van der Waals surface area contributed by atoms with Crippen LogP contribution in [0.5, 0.6) is 0 Å². The van der Waals surface area contributed by atoms with E-state index in [2.05, 4.69) is 44.3 Å². The summed E-state index contributed by atoms with van der Waals surface area (Å²) in [5.41, 5.74) is 0.246. The van der Waals surface area contributed by atoms with Gasteiger partial charge in [-0.2, -0.15) is 5.26 Å². The second-order valence-corrected chi connectivity index (χ2v) is 5.77. The lowest BCUT2D eigenvalue weighted by atomic mass is 9.95. The van der Waals surface area contributed by atoms with E-state index in [0.29, 0.717) is 6.42 Å². The Morgan fingerprint density at radius 1 is 1.40 bits per heavy atom. The number of nitrogens with zero attached hydrogens (tertiary/aromatic N) is 1. The molecule has 0 aliphatic rings. The number of hydrogen-bond acceptors (Lipinski definition) is 3. The minimum atomic E-state index is 0.246. The van der Waals surface area contributed by atoms with E-state index < -0.39 is 0 Å². The van der Waals surface area contributed by atoms with Crippen LogP contribution < -0.4 is 5.32 Å². The van der Waals surface area contributed by atoms with E-state index in [1.165, 1.54) is 9.75 Å². The summed E-state index contributed by atoms with van der Waals surface area (Å²) < 4.78 is 0. The highest BCUT2D eigenvalue weighted by atomic mass is 32.1. The molecule has 82 valence electrons. The van der Waals surface area contributed by atoms with Crippen molar-refractivity contribution < 1.29 is 0 Å². The molecule has 2 nitrogen and oxygen atoms in total. The summed E-state index contributed by atoms with van der Waals surface area (Å²) in [7, 11) is 0. The topological polar surface area (TPSA) is 35.8 Å². The third-order valence-electron chi connectivity index (χ3n) is 2.11. The molecular weight excluding hydrogens is 204 g/mol. The van der Waals surface area contributed by atoms with Gasteiger partial charge in [-0.25, -0.2) is 0 Å². The van der Waals surface area contributed by atoms with Crippen LogP contribution in [-0.2, 0) is 12.0 Å². The Kier molecular flexibility index (Phi) is 4.31. The van der Waals surface area contributed by atoms with E-state index in [9.17, 15) is 0 Å². The van der Waals surface area contributed by atoms with Crippen LogP contribution in [0.25, 0.3) is 0 Å². The number of hydrogen-bond donors (Lipinski definition) is 1. The fourth-order valence-corrected chi connectivity index (χ4v) is 2.27. The van der Waals surface area contributed by atoms with Crippen molar-refractivity contribution >= 4 is 11.3 Å². The van der Waals surface area contributed by atoms with E-state index in [0.717, 1.165) is 13.1 Å². The molecule has 1 heterocycles. The molecule has 3 heteroatoms. The standard InChI is InChI=1S/C12H18N2S/c1-12(2,3)11-6-5-10(15-11)9-14-8-4-7-13/h5-6,14H,4,8-9H2,1-3H3. The summed E-state index contributed by atoms with van der Waals surface area (Å²) in [5.74, 6) is 0. The maximum Gasteiger partial charge on any atom is 0.0635 e. The Morgan fingerprint density at radius 2 is 2.13 bits per heavy atom. The zero-order valence-electron chi connectivity index (χ0n) is 9.63. The molecule has 1 aromatic rings. The first-order chi connectivity index (χ1) is 7.04. The van der Waals surface area contributed by atoms with Gasteiger partial charge in [0.15, 0.2) is 0 Å². The lowest BCUT2D eigenvalue weighted by Crippen LogP contribution is -2.13. The van der Waals surface area contributed by atoms with Gasteiger partial charge in [0.05, 0.1) is 6.07 Å². The van der Waals surface area contributed by atoms with Gasteiger partial charge in [0.1, 0.15) is 0 Å². The summed E-state index contributed by atoms with van der Waals surface area (Å²) in [6.45, 7) is 8.34. The first-order valence-corrected chi connectivity index (χ1v) is 6.02. The molecule has 0 radical (unpaired) electrons. The monoisotopic (exact) mass is 222 g/mol. The Labute approximate surface area is 95.9 Å². The molecule has 0 spiro atoms. The van der Waals surface area contributed by atoms with Crippen LogP contribution in [0.15, 0.2) is 12.1 Å². The molecule has 0 saturated heterocycles. The lowest BCUT2D eigenvalue weighted by Gasteiger charge is -2.15. The summed E-state index contributed by atoms with van der Waals surface area (Å²) >= 11 is 1.85. The second kappa shape index (κ2) is 5.29. The molecular formula is C12H18N2S. The van der Waals surface area contributed by atoms with Crippen LogP contribution in [-0.4, -0.2) is 6.54 Å². The molecule has 0 bridgehead atoms. The van der Waals surface area contributed by atoms with Crippen molar-refractivity contribution in [1.82, 2.24) is 5.32 Å². The maximum absolute atomic E-state index is 8.39. The SMILES string of the molecule is CC(C)(C)c1ccc(CNCCC#N)s1. The van der Waals surface area contributed by atoms with Gasteiger partial charge in [0.25, 0.3) is 0 Å².